The second-order valence-electron chi connectivity index (χ2n) is 3.94. The van der Waals surface area contributed by atoms with Gasteiger partial charge >= 0.3 is 5.97 Å². The molecular weight excluding hydrogens is 286 g/mol. The third kappa shape index (κ3) is 3.47. The predicted molar refractivity (Wildman–Crippen MR) is 77.4 cm³/mol. The number of rotatable bonds is 7. The number of aliphatic carboxylic acids is 1. The highest BCUT2D eigenvalue weighted by Crippen LogP contribution is 2.17. The number of hydrogen-bond acceptors (Lipinski definition) is 8. The van der Waals surface area contributed by atoms with Crippen LogP contribution in [0, 0.1) is 4.91 Å². The molecule has 0 aliphatic heterocycles. The fourth-order valence-corrected chi connectivity index (χ4v) is 1.94. The Labute approximate surface area is 118 Å². The van der Waals surface area contributed by atoms with E-state index >= 15 is 0 Å². The van der Waals surface area contributed by atoms with Gasteiger partial charge in [-0.15, -0.1) is 4.91 Å². The zero-order valence-corrected chi connectivity index (χ0v) is 11.8. The molecule has 0 amide bonds. The van der Waals surface area contributed by atoms with Gasteiger partial charge in [0.2, 0.25) is 11.6 Å². The summed E-state index contributed by atoms with van der Waals surface area (Å²) in [5, 5.41) is 14.3. The minimum atomic E-state index is -1.07. The van der Waals surface area contributed by atoms with E-state index in [4.69, 9.17) is 10.8 Å². The van der Waals surface area contributed by atoms with Gasteiger partial charge in [0.05, 0.1) is 0 Å². The number of carboxylic acid groups (broad SMARTS) is 1. The van der Waals surface area contributed by atoms with Crippen molar-refractivity contribution in [1.29, 1.82) is 0 Å². The number of thioether (sulfide) groups is 1. The van der Waals surface area contributed by atoms with Crippen LogP contribution in [-0.2, 0) is 11.8 Å². The number of carboxylic acids is 1. The fraction of sp³-hybridized carbons (Fsp3) is 0.500. The van der Waals surface area contributed by atoms with Crippen molar-refractivity contribution in [3.63, 3.8) is 0 Å². The summed E-state index contributed by atoms with van der Waals surface area (Å²) in [4.78, 5) is 37.2. The summed E-state index contributed by atoms with van der Waals surface area (Å²) in [6.07, 6.45) is 2.20. The van der Waals surface area contributed by atoms with Crippen molar-refractivity contribution in [3.05, 3.63) is 15.3 Å². The summed E-state index contributed by atoms with van der Waals surface area (Å²) in [6, 6.07) is -0.907. The molecule has 0 bridgehead atoms. The summed E-state index contributed by atoms with van der Waals surface area (Å²) >= 11 is 1.50. The Hall–Kier alpha value is -2.10. The van der Waals surface area contributed by atoms with Crippen molar-refractivity contribution >= 4 is 35.2 Å². The molecule has 0 aliphatic carbocycles. The Balaban J connectivity index is 3.11. The monoisotopic (exact) mass is 301 g/mol. The number of nitrogens with one attached hydrogen (secondary N) is 1. The summed E-state index contributed by atoms with van der Waals surface area (Å²) in [7, 11) is 1.35. The molecule has 1 heterocycles. The van der Waals surface area contributed by atoms with Gasteiger partial charge in [-0.2, -0.15) is 16.7 Å². The highest BCUT2D eigenvalue weighted by atomic mass is 32.2. The van der Waals surface area contributed by atoms with E-state index in [0.29, 0.717) is 12.2 Å². The third-order valence-electron chi connectivity index (χ3n) is 2.60. The predicted octanol–water partition coefficient (Wildman–Crippen LogP) is 0.379. The topological polar surface area (TPSA) is 140 Å². The number of nitrogens with zero attached hydrogens (tertiary/aromatic N) is 3. The van der Waals surface area contributed by atoms with Crippen molar-refractivity contribution < 1.29 is 9.90 Å². The lowest BCUT2D eigenvalue weighted by molar-refractivity contribution is -0.137. The van der Waals surface area contributed by atoms with Crippen LogP contribution in [0.25, 0.3) is 0 Å². The highest BCUT2D eigenvalue weighted by molar-refractivity contribution is 7.98. The van der Waals surface area contributed by atoms with E-state index in [0.717, 1.165) is 4.57 Å². The summed E-state index contributed by atoms with van der Waals surface area (Å²) in [5.74, 6) is -0.793. The average Bonchev–Trinajstić information content (AvgIpc) is 2.40. The van der Waals surface area contributed by atoms with Crippen molar-refractivity contribution in [2.24, 2.45) is 12.2 Å². The maximum atomic E-state index is 11.8. The van der Waals surface area contributed by atoms with Crippen molar-refractivity contribution in [1.82, 2.24) is 9.55 Å². The van der Waals surface area contributed by atoms with Crippen molar-refractivity contribution in [2.45, 2.75) is 12.5 Å². The van der Waals surface area contributed by atoms with Gasteiger partial charge in [-0.25, -0.2) is 4.79 Å². The summed E-state index contributed by atoms with van der Waals surface area (Å²) < 4.78 is 1.00. The Bertz CT molecular complexity index is 574. The molecule has 0 fully saturated rings. The van der Waals surface area contributed by atoms with Crippen LogP contribution in [0.1, 0.15) is 6.42 Å². The Morgan fingerprint density at radius 3 is 2.80 bits per heavy atom. The number of carbonyl (C=O) groups is 1. The number of nitroso groups, excluding NO2 is 1. The third-order valence-corrected chi connectivity index (χ3v) is 3.24. The van der Waals surface area contributed by atoms with Crippen LogP contribution in [0.2, 0.25) is 0 Å². The van der Waals surface area contributed by atoms with Gasteiger partial charge < -0.3 is 16.2 Å². The lowest BCUT2D eigenvalue weighted by Crippen LogP contribution is -2.34. The number of nitrogen functional groups attached to an aromatic ring is 1. The molecule has 0 aromatic carbocycles. The molecule has 0 aliphatic rings. The molecule has 1 aromatic rings. The number of hydrogen-bond donors (Lipinski definition) is 3. The number of anilines is 2. The minimum Gasteiger partial charge on any atom is -0.480 e. The van der Waals surface area contributed by atoms with Crippen molar-refractivity contribution in [3.8, 4) is 0 Å². The molecule has 0 saturated carbocycles. The zero-order valence-electron chi connectivity index (χ0n) is 11.0. The maximum Gasteiger partial charge on any atom is 0.326 e. The van der Waals surface area contributed by atoms with Crippen LogP contribution < -0.4 is 16.6 Å². The second-order valence-corrected chi connectivity index (χ2v) is 4.93. The highest BCUT2D eigenvalue weighted by Gasteiger charge is 2.20. The van der Waals surface area contributed by atoms with E-state index in [9.17, 15) is 14.5 Å². The van der Waals surface area contributed by atoms with Gasteiger partial charge in [0.15, 0.2) is 5.82 Å². The van der Waals surface area contributed by atoms with Crippen LogP contribution in [0.15, 0.2) is 9.97 Å². The maximum absolute atomic E-state index is 11.8. The fourth-order valence-electron chi connectivity index (χ4n) is 1.47. The van der Waals surface area contributed by atoms with Gasteiger partial charge in [-0.3, -0.25) is 9.36 Å². The van der Waals surface area contributed by atoms with Gasteiger partial charge in [-0.1, -0.05) is 0 Å². The molecule has 1 rings (SSSR count). The molecule has 0 saturated heterocycles. The normalized spacial score (nSPS) is 11.9. The minimum absolute atomic E-state index is 0.0200. The molecule has 10 heteroatoms. The van der Waals surface area contributed by atoms with Gasteiger partial charge in [0.1, 0.15) is 6.04 Å². The van der Waals surface area contributed by atoms with Crippen LogP contribution in [0.5, 0.6) is 0 Å². The van der Waals surface area contributed by atoms with E-state index < -0.39 is 23.3 Å². The first-order valence-corrected chi connectivity index (χ1v) is 6.99. The Morgan fingerprint density at radius 2 is 2.30 bits per heavy atom. The van der Waals surface area contributed by atoms with Gasteiger partial charge in [-0.05, 0) is 23.6 Å². The van der Waals surface area contributed by atoms with Crippen LogP contribution in [-0.4, -0.2) is 38.7 Å². The molecule has 0 spiro atoms. The molecule has 4 N–H and O–H groups in total. The average molecular weight is 301 g/mol. The first-order chi connectivity index (χ1) is 9.42. The van der Waals surface area contributed by atoms with Crippen molar-refractivity contribution in [2.75, 3.05) is 23.1 Å². The largest absolute Gasteiger partial charge is 0.480 e. The van der Waals surface area contributed by atoms with E-state index in [1.54, 1.807) is 0 Å². The Kier molecular flexibility index (Phi) is 5.50. The smallest absolute Gasteiger partial charge is 0.326 e. The van der Waals surface area contributed by atoms with Gasteiger partial charge in [0.25, 0.3) is 5.56 Å². The van der Waals surface area contributed by atoms with E-state index in [1.807, 2.05) is 6.26 Å². The molecule has 0 radical (unpaired) electrons. The van der Waals surface area contributed by atoms with Gasteiger partial charge in [0, 0.05) is 7.05 Å². The lowest BCUT2D eigenvalue weighted by Gasteiger charge is -2.17. The quantitative estimate of drug-likeness (QED) is 0.614. The molecule has 110 valence electrons. The number of aromatic nitrogens is 2. The second kappa shape index (κ2) is 6.89. The molecule has 20 heavy (non-hydrogen) atoms. The SMILES string of the molecule is CSCC[C@H](Nc1nc(N)c(N=O)c(=O)n1C)C(=O)O. The van der Waals surface area contributed by atoms with E-state index in [1.165, 1.54) is 18.8 Å². The molecule has 0 unspecified atom stereocenters. The van der Waals surface area contributed by atoms with Crippen LogP contribution in [0.4, 0.5) is 17.5 Å². The van der Waals surface area contributed by atoms with Crippen LogP contribution >= 0.6 is 11.8 Å². The Morgan fingerprint density at radius 1 is 1.65 bits per heavy atom. The van der Waals surface area contributed by atoms with E-state index in [-0.39, 0.29) is 11.8 Å². The summed E-state index contributed by atoms with van der Waals surface area (Å²) in [6.45, 7) is 0. The first-order valence-electron chi connectivity index (χ1n) is 5.60. The molecule has 1 atom stereocenters. The molecule has 9 nitrogen and oxygen atoms in total. The zero-order chi connectivity index (χ0) is 15.3. The summed E-state index contributed by atoms with van der Waals surface area (Å²) in [5.41, 5.74) is 4.22. The van der Waals surface area contributed by atoms with E-state index in [2.05, 4.69) is 15.5 Å². The first kappa shape index (κ1) is 16.0. The number of nitrogens with two attached hydrogens (primary N) is 1. The van der Waals surface area contributed by atoms with Crippen LogP contribution in [0.3, 0.4) is 0 Å². The molecular formula is C10H15N5O4S. The lowest BCUT2D eigenvalue weighted by atomic mass is 10.2. The molecule has 1 aromatic heterocycles. The standard InChI is InChI=1S/C10H15N5O4S/c1-15-8(16)6(14-19)7(11)13-10(15)12-5(9(17)18)3-4-20-2/h5H,3-4,11H2,1-2H3,(H,12,13)(H,17,18)/t5-/m0/s1.